The van der Waals surface area contributed by atoms with Crippen molar-refractivity contribution in [3.8, 4) is 0 Å². The summed E-state index contributed by atoms with van der Waals surface area (Å²) < 4.78 is 1.96. The van der Waals surface area contributed by atoms with Gasteiger partial charge in [0.15, 0.2) is 5.16 Å². The molecule has 0 fully saturated rings. The van der Waals surface area contributed by atoms with Gasteiger partial charge in [0.25, 0.3) is 0 Å². The van der Waals surface area contributed by atoms with E-state index in [4.69, 9.17) is 0 Å². The molecule has 2 atom stereocenters. The first kappa shape index (κ1) is 13.5. The molecule has 1 rings (SSSR count). The number of thioether (sulfide) groups is 1. The highest BCUT2D eigenvalue weighted by molar-refractivity contribution is 7.99. The topological polar surface area (TPSA) is 42.7 Å². The van der Waals surface area contributed by atoms with Crippen LogP contribution in [0.4, 0.5) is 0 Å². The highest BCUT2D eigenvalue weighted by atomic mass is 32.2. The summed E-state index contributed by atoms with van der Waals surface area (Å²) in [4.78, 5) is 0. The summed E-state index contributed by atoms with van der Waals surface area (Å²) in [7, 11) is 1.98. The van der Waals surface area contributed by atoms with Gasteiger partial charge in [-0.2, -0.15) is 0 Å². The van der Waals surface area contributed by atoms with E-state index in [2.05, 4.69) is 36.3 Å². The molecule has 0 saturated carbocycles. The Morgan fingerprint density at radius 2 is 2.25 bits per heavy atom. The predicted molar refractivity (Wildman–Crippen MR) is 68.6 cm³/mol. The third-order valence-corrected chi connectivity index (χ3v) is 4.01. The van der Waals surface area contributed by atoms with Crippen molar-refractivity contribution in [2.24, 2.45) is 13.0 Å². The molecule has 1 N–H and O–H groups in total. The van der Waals surface area contributed by atoms with Gasteiger partial charge in [0, 0.05) is 18.8 Å². The number of hydrogen-bond acceptors (Lipinski definition) is 4. The van der Waals surface area contributed by atoms with Crippen LogP contribution in [-0.2, 0) is 7.05 Å². The van der Waals surface area contributed by atoms with Gasteiger partial charge in [0.1, 0.15) is 6.33 Å². The van der Waals surface area contributed by atoms with Crippen LogP contribution in [0.15, 0.2) is 11.5 Å². The molecule has 0 radical (unpaired) electrons. The largest absolute Gasteiger partial charge is 0.313 e. The molecule has 0 aliphatic rings. The summed E-state index contributed by atoms with van der Waals surface area (Å²) in [6.07, 6.45) is 2.95. The van der Waals surface area contributed by atoms with E-state index in [9.17, 15) is 0 Å². The molecule has 1 heterocycles. The van der Waals surface area contributed by atoms with Gasteiger partial charge in [0.05, 0.1) is 0 Å². The highest BCUT2D eigenvalue weighted by Crippen LogP contribution is 2.19. The van der Waals surface area contributed by atoms with Crippen molar-refractivity contribution >= 4 is 11.8 Å². The summed E-state index contributed by atoms with van der Waals surface area (Å²) >= 11 is 1.77. The lowest BCUT2D eigenvalue weighted by Crippen LogP contribution is -2.36. The summed E-state index contributed by atoms with van der Waals surface area (Å²) in [6.45, 7) is 7.71. The molecular formula is C11H22N4S. The molecule has 0 aliphatic carbocycles. The number of rotatable bonds is 7. The van der Waals surface area contributed by atoms with Crippen LogP contribution >= 0.6 is 11.8 Å². The minimum Gasteiger partial charge on any atom is -0.313 e. The highest BCUT2D eigenvalue weighted by Gasteiger charge is 2.15. The van der Waals surface area contributed by atoms with E-state index < -0.39 is 0 Å². The quantitative estimate of drug-likeness (QED) is 0.742. The van der Waals surface area contributed by atoms with E-state index >= 15 is 0 Å². The molecule has 0 saturated heterocycles. The van der Waals surface area contributed by atoms with Gasteiger partial charge in [-0.15, -0.1) is 10.2 Å². The van der Waals surface area contributed by atoms with Crippen LogP contribution in [0, 0.1) is 5.92 Å². The maximum atomic E-state index is 4.08. The molecular weight excluding hydrogens is 220 g/mol. The Balaban J connectivity index is 2.46. The minimum absolute atomic E-state index is 0.553. The first-order valence-corrected chi connectivity index (χ1v) is 6.87. The summed E-state index contributed by atoms with van der Waals surface area (Å²) in [6, 6.07) is 0.553. The zero-order valence-corrected chi connectivity index (χ0v) is 11.4. The summed E-state index contributed by atoms with van der Waals surface area (Å²) in [5.74, 6) is 1.75. The van der Waals surface area contributed by atoms with E-state index in [1.165, 1.54) is 6.42 Å². The molecule has 0 bridgehead atoms. The average molecular weight is 242 g/mol. The first-order chi connectivity index (χ1) is 7.69. The standard InChI is InChI=1S/C11H22N4S/c1-5-9(3)10(12-6-2)7-16-11-14-13-8-15(11)4/h8-10,12H,5-7H2,1-4H3. The molecule has 0 spiro atoms. The fraction of sp³-hybridized carbons (Fsp3) is 0.818. The van der Waals surface area contributed by atoms with E-state index in [-0.39, 0.29) is 0 Å². The maximum absolute atomic E-state index is 4.08. The van der Waals surface area contributed by atoms with Crippen LogP contribution in [0.3, 0.4) is 0 Å². The molecule has 1 aromatic rings. The number of aromatic nitrogens is 3. The average Bonchev–Trinajstić information content (AvgIpc) is 2.69. The smallest absolute Gasteiger partial charge is 0.190 e. The molecule has 5 heteroatoms. The van der Waals surface area contributed by atoms with Crippen molar-refractivity contribution in [3.05, 3.63) is 6.33 Å². The van der Waals surface area contributed by atoms with Crippen LogP contribution in [0.5, 0.6) is 0 Å². The van der Waals surface area contributed by atoms with E-state index in [0.29, 0.717) is 12.0 Å². The third-order valence-electron chi connectivity index (χ3n) is 2.86. The molecule has 4 nitrogen and oxygen atoms in total. The Morgan fingerprint density at radius 1 is 1.50 bits per heavy atom. The Morgan fingerprint density at radius 3 is 2.75 bits per heavy atom. The van der Waals surface area contributed by atoms with E-state index in [1.54, 1.807) is 18.1 Å². The van der Waals surface area contributed by atoms with Gasteiger partial charge in [-0.25, -0.2) is 0 Å². The van der Waals surface area contributed by atoms with Gasteiger partial charge in [0.2, 0.25) is 0 Å². The lowest BCUT2D eigenvalue weighted by Gasteiger charge is -2.23. The molecule has 2 unspecified atom stereocenters. The van der Waals surface area contributed by atoms with Crippen molar-refractivity contribution in [3.63, 3.8) is 0 Å². The second-order valence-electron chi connectivity index (χ2n) is 4.09. The Kier molecular flexibility index (Phi) is 5.84. The van der Waals surface area contributed by atoms with Gasteiger partial charge in [-0.1, -0.05) is 39.0 Å². The lowest BCUT2D eigenvalue weighted by molar-refractivity contribution is 0.403. The van der Waals surface area contributed by atoms with Gasteiger partial charge in [-0.05, 0) is 12.5 Å². The molecule has 0 aromatic carbocycles. The Labute approximate surface area is 102 Å². The lowest BCUT2D eigenvalue weighted by atomic mass is 10.0. The Bertz CT molecular complexity index is 300. The predicted octanol–water partition coefficient (Wildman–Crippen LogP) is 1.93. The number of nitrogens with zero attached hydrogens (tertiary/aromatic N) is 3. The van der Waals surface area contributed by atoms with Gasteiger partial charge in [-0.3, -0.25) is 0 Å². The van der Waals surface area contributed by atoms with Crippen molar-refractivity contribution in [1.82, 2.24) is 20.1 Å². The summed E-state index contributed by atoms with van der Waals surface area (Å²) in [5, 5.41) is 12.5. The van der Waals surface area contributed by atoms with Crippen LogP contribution in [0.2, 0.25) is 0 Å². The monoisotopic (exact) mass is 242 g/mol. The number of hydrogen-bond donors (Lipinski definition) is 1. The second kappa shape index (κ2) is 6.91. The van der Waals surface area contributed by atoms with Crippen LogP contribution in [-0.4, -0.2) is 33.1 Å². The van der Waals surface area contributed by atoms with E-state index in [0.717, 1.165) is 17.5 Å². The summed E-state index contributed by atoms with van der Waals surface area (Å²) in [5.41, 5.74) is 0. The fourth-order valence-corrected chi connectivity index (χ4v) is 2.67. The Hall–Kier alpha value is -0.550. The molecule has 0 aliphatic heterocycles. The zero-order valence-electron chi connectivity index (χ0n) is 10.6. The molecule has 1 aromatic heterocycles. The zero-order chi connectivity index (χ0) is 12.0. The van der Waals surface area contributed by atoms with Crippen molar-refractivity contribution in [1.29, 1.82) is 0 Å². The number of nitrogens with one attached hydrogen (secondary N) is 1. The molecule has 16 heavy (non-hydrogen) atoms. The fourth-order valence-electron chi connectivity index (χ4n) is 1.54. The number of aryl methyl sites for hydroxylation is 1. The second-order valence-corrected chi connectivity index (χ2v) is 5.07. The van der Waals surface area contributed by atoms with Crippen LogP contribution < -0.4 is 5.32 Å². The van der Waals surface area contributed by atoms with Gasteiger partial charge >= 0.3 is 0 Å². The van der Waals surface area contributed by atoms with Crippen molar-refractivity contribution in [2.45, 2.75) is 38.4 Å². The van der Waals surface area contributed by atoms with E-state index in [1.807, 2.05) is 11.6 Å². The van der Waals surface area contributed by atoms with Gasteiger partial charge < -0.3 is 9.88 Å². The third kappa shape index (κ3) is 3.79. The van der Waals surface area contributed by atoms with Crippen LogP contribution in [0.25, 0.3) is 0 Å². The van der Waals surface area contributed by atoms with Crippen molar-refractivity contribution in [2.75, 3.05) is 12.3 Å². The molecule has 92 valence electrons. The minimum atomic E-state index is 0.553. The van der Waals surface area contributed by atoms with Crippen molar-refractivity contribution < 1.29 is 0 Å². The molecule has 0 amide bonds. The first-order valence-electron chi connectivity index (χ1n) is 5.89. The normalized spacial score (nSPS) is 15.0. The van der Waals surface area contributed by atoms with Crippen LogP contribution in [0.1, 0.15) is 27.2 Å². The maximum Gasteiger partial charge on any atom is 0.190 e. The SMILES string of the molecule is CCNC(CSc1nncn1C)C(C)CC.